The first-order valence-corrected chi connectivity index (χ1v) is 4.92. The lowest BCUT2D eigenvalue weighted by atomic mass is 10.2. The van der Waals surface area contributed by atoms with Crippen LogP contribution in [0, 0.1) is 13.8 Å². The van der Waals surface area contributed by atoms with Crippen LogP contribution in [0.2, 0.25) is 0 Å². The van der Waals surface area contributed by atoms with Crippen LogP contribution < -0.4 is 5.73 Å². The largest absolute Gasteiger partial charge is 0.462 e. The molecule has 0 unspecified atom stereocenters. The fraction of sp³-hybridized carbons (Fsp3) is 0.444. The minimum absolute atomic E-state index is 0.273. The van der Waals surface area contributed by atoms with Crippen LogP contribution in [0.5, 0.6) is 0 Å². The van der Waals surface area contributed by atoms with Crippen LogP contribution >= 0.6 is 11.3 Å². The van der Waals surface area contributed by atoms with E-state index >= 15 is 0 Å². The zero-order valence-corrected chi connectivity index (χ0v) is 8.83. The summed E-state index contributed by atoms with van der Waals surface area (Å²) in [4.78, 5) is 13.0. The number of hydrogen-bond donors (Lipinski definition) is 1. The molecule has 1 heterocycles. The molecule has 3 nitrogen and oxygen atoms in total. The second-order valence-electron chi connectivity index (χ2n) is 2.75. The molecule has 0 saturated heterocycles. The van der Waals surface area contributed by atoms with E-state index in [1.54, 1.807) is 6.92 Å². The van der Waals surface area contributed by atoms with Crippen LogP contribution in [-0.2, 0) is 4.74 Å². The maximum absolute atomic E-state index is 11.4. The fourth-order valence-corrected chi connectivity index (χ4v) is 2.04. The number of nitrogen functional groups attached to an aromatic ring is 1. The molecule has 0 aliphatic rings. The Labute approximate surface area is 81.5 Å². The van der Waals surface area contributed by atoms with Gasteiger partial charge in [-0.25, -0.2) is 4.79 Å². The summed E-state index contributed by atoms with van der Waals surface area (Å²) >= 11 is 1.39. The van der Waals surface area contributed by atoms with Gasteiger partial charge in [-0.1, -0.05) is 0 Å². The average Bonchev–Trinajstić information content (AvgIpc) is 2.33. The molecule has 1 aromatic heterocycles. The predicted octanol–water partition coefficient (Wildman–Crippen LogP) is 2.12. The number of thiophene rings is 1. The third-order valence-electron chi connectivity index (χ3n) is 1.84. The number of hydrogen-bond acceptors (Lipinski definition) is 4. The fourth-order valence-electron chi connectivity index (χ4n) is 1.06. The maximum Gasteiger partial charge on any atom is 0.348 e. The molecular formula is C9H13NO2S. The van der Waals surface area contributed by atoms with Gasteiger partial charge in [-0.2, -0.15) is 0 Å². The van der Waals surface area contributed by atoms with Gasteiger partial charge in [0.25, 0.3) is 0 Å². The van der Waals surface area contributed by atoms with Gasteiger partial charge in [-0.05, 0) is 26.3 Å². The van der Waals surface area contributed by atoms with Gasteiger partial charge < -0.3 is 10.5 Å². The van der Waals surface area contributed by atoms with E-state index in [-0.39, 0.29) is 5.97 Å². The Hall–Kier alpha value is -1.03. The number of anilines is 1. The molecule has 0 aliphatic carbocycles. The molecule has 0 amide bonds. The first kappa shape index (κ1) is 10.1. The molecule has 0 fully saturated rings. The van der Waals surface area contributed by atoms with Crippen LogP contribution in [0.4, 0.5) is 5.69 Å². The van der Waals surface area contributed by atoms with Crippen molar-refractivity contribution >= 4 is 23.0 Å². The Morgan fingerprint density at radius 2 is 2.15 bits per heavy atom. The van der Waals surface area contributed by atoms with Crippen molar-refractivity contribution < 1.29 is 9.53 Å². The standard InChI is InChI=1S/C9H13NO2S/c1-4-12-9(11)8-5(2)7(10)6(3)13-8/h4,10H2,1-3H3. The molecule has 1 rings (SSSR count). The minimum atomic E-state index is -0.273. The lowest BCUT2D eigenvalue weighted by molar-refractivity contribution is 0.0531. The van der Waals surface area contributed by atoms with E-state index in [1.165, 1.54) is 11.3 Å². The lowest BCUT2D eigenvalue weighted by Crippen LogP contribution is -2.04. The third-order valence-corrected chi connectivity index (χ3v) is 3.04. The lowest BCUT2D eigenvalue weighted by Gasteiger charge is -1.99. The Balaban J connectivity index is 3.01. The second-order valence-corrected chi connectivity index (χ2v) is 3.97. The van der Waals surface area contributed by atoms with Gasteiger partial charge in [0, 0.05) is 10.6 Å². The monoisotopic (exact) mass is 199 g/mol. The highest BCUT2D eigenvalue weighted by Gasteiger charge is 2.16. The van der Waals surface area contributed by atoms with Gasteiger partial charge in [-0.15, -0.1) is 11.3 Å². The number of esters is 1. The summed E-state index contributed by atoms with van der Waals surface area (Å²) in [6.45, 7) is 5.92. The van der Waals surface area contributed by atoms with E-state index in [0.717, 1.165) is 10.4 Å². The molecule has 2 N–H and O–H groups in total. The van der Waals surface area contributed by atoms with Gasteiger partial charge >= 0.3 is 5.97 Å². The van der Waals surface area contributed by atoms with Crippen LogP contribution in [0.15, 0.2) is 0 Å². The highest BCUT2D eigenvalue weighted by molar-refractivity contribution is 7.14. The summed E-state index contributed by atoms with van der Waals surface area (Å²) in [7, 11) is 0. The van der Waals surface area contributed by atoms with Crippen molar-refractivity contribution in [3.8, 4) is 0 Å². The Morgan fingerprint density at radius 3 is 2.54 bits per heavy atom. The smallest absolute Gasteiger partial charge is 0.348 e. The van der Waals surface area contributed by atoms with Gasteiger partial charge in [0.2, 0.25) is 0 Å². The Kier molecular flexibility index (Phi) is 2.93. The molecule has 13 heavy (non-hydrogen) atoms. The van der Waals surface area contributed by atoms with E-state index in [1.807, 2.05) is 13.8 Å². The maximum atomic E-state index is 11.4. The molecule has 0 aliphatic heterocycles. The number of carbonyl (C=O) groups excluding carboxylic acids is 1. The third kappa shape index (κ3) is 1.83. The van der Waals surface area contributed by atoms with E-state index < -0.39 is 0 Å². The first-order chi connectivity index (χ1) is 6.07. The first-order valence-electron chi connectivity index (χ1n) is 4.10. The molecule has 0 radical (unpaired) electrons. The van der Waals surface area contributed by atoms with Crippen molar-refractivity contribution in [2.45, 2.75) is 20.8 Å². The van der Waals surface area contributed by atoms with Gasteiger partial charge in [0.1, 0.15) is 4.88 Å². The van der Waals surface area contributed by atoms with Crippen molar-refractivity contribution in [3.63, 3.8) is 0 Å². The molecular weight excluding hydrogens is 186 g/mol. The topological polar surface area (TPSA) is 52.3 Å². The molecule has 0 aromatic carbocycles. The zero-order valence-electron chi connectivity index (χ0n) is 8.01. The SMILES string of the molecule is CCOC(=O)c1sc(C)c(N)c1C. The quantitative estimate of drug-likeness (QED) is 0.742. The van der Waals surface area contributed by atoms with Gasteiger partial charge in [0.05, 0.1) is 6.61 Å². The number of rotatable bonds is 2. The highest BCUT2D eigenvalue weighted by atomic mass is 32.1. The minimum Gasteiger partial charge on any atom is -0.462 e. The number of nitrogens with two attached hydrogens (primary N) is 1. The van der Waals surface area contributed by atoms with Crippen LogP contribution in [-0.4, -0.2) is 12.6 Å². The van der Waals surface area contributed by atoms with E-state index in [0.29, 0.717) is 17.2 Å². The van der Waals surface area contributed by atoms with Gasteiger partial charge in [-0.3, -0.25) is 0 Å². The molecule has 0 bridgehead atoms. The summed E-state index contributed by atoms with van der Waals surface area (Å²) in [6, 6.07) is 0. The summed E-state index contributed by atoms with van der Waals surface area (Å²) in [5.41, 5.74) is 7.28. The van der Waals surface area contributed by atoms with E-state index in [4.69, 9.17) is 10.5 Å². The molecule has 0 atom stereocenters. The van der Waals surface area contributed by atoms with Crippen molar-refractivity contribution in [1.29, 1.82) is 0 Å². The summed E-state index contributed by atoms with van der Waals surface area (Å²) in [5, 5.41) is 0. The average molecular weight is 199 g/mol. The van der Waals surface area contributed by atoms with Crippen LogP contribution in [0.25, 0.3) is 0 Å². The predicted molar refractivity (Wildman–Crippen MR) is 54.2 cm³/mol. The van der Waals surface area contributed by atoms with Gasteiger partial charge in [0.15, 0.2) is 0 Å². The molecule has 72 valence electrons. The highest BCUT2D eigenvalue weighted by Crippen LogP contribution is 2.29. The van der Waals surface area contributed by atoms with Crippen molar-refractivity contribution in [2.75, 3.05) is 12.3 Å². The molecule has 0 spiro atoms. The number of aryl methyl sites for hydroxylation is 1. The normalized spacial score (nSPS) is 10.1. The second kappa shape index (κ2) is 3.79. The number of carbonyl (C=O) groups is 1. The van der Waals surface area contributed by atoms with Crippen molar-refractivity contribution in [3.05, 3.63) is 15.3 Å². The molecule has 4 heteroatoms. The number of ether oxygens (including phenoxy) is 1. The Morgan fingerprint density at radius 1 is 1.54 bits per heavy atom. The molecule has 0 saturated carbocycles. The Bertz CT molecular complexity index is 331. The van der Waals surface area contributed by atoms with Crippen LogP contribution in [0.1, 0.15) is 27.0 Å². The zero-order chi connectivity index (χ0) is 10.0. The van der Waals surface area contributed by atoms with Crippen LogP contribution in [0.3, 0.4) is 0 Å². The summed E-state index contributed by atoms with van der Waals surface area (Å²) < 4.78 is 4.89. The summed E-state index contributed by atoms with van der Waals surface area (Å²) in [5.74, 6) is -0.273. The van der Waals surface area contributed by atoms with Crippen molar-refractivity contribution in [2.24, 2.45) is 0 Å². The van der Waals surface area contributed by atoms with E-state index in [2.05, 4.69) is 0 Å². The molecule has 1 aromatic rings. The van der Waals surface area contributed by atoms with E-state index in [9.17, 15) is 4.79 Å². The van der Waals surface area contributed by atoms with Crippen molar-refractivity contribution in [1.82, 2.24) is 0 Å². The summed E-state index contributed by atoms with van der Waals surface area (Å²) in [6.07, 6.45) is 0.